The lowest BCUT2D eigenvalue weighted by atomic mass is 10.0. The zero-order valence-corrected chi connectivity index (χ0v) is 13.1. The molecule has 2 aromatic carbocycles. The number of methoxy groups -OCH3 is 1. The van der Waals surface area contributed by atoms with Gasteiger partial charge in [-0.05, 0) is 23.8 Å². The molecule has 0 aromatic heterocycles. The monoisotopic (exact) mass is 335 g/mol. The molecule has 0 saturated heterocycles. The van der Waals surface area contributed by atoms with Crippen molar-refractivity contribution in [3.8, 4) is 0 Å². The number of amides is 1. The van der Waals surface area contributed by atoms with Crippen LogP contribution in [0.25, 0.3) is 0 Å². The third-order valence-electron chi connectivity index (χ3n) is 3.30. The van der Waals surface area contributed by atoms with Crippen molar-refractivity contribution >= 4 is 23.5 Å². The van der Waals surface area contributed by atoms with Crippen molar-refractivity contribution in [3.63, 3.8) is 0 Å². The Hall–Kier alpha value is -2.40. The Kier molecular flexibility index (Phi) is 5.71. The summed E-state index contributed by atoms with van der Waals surface area (Å²) in [7, 11) is 1.25. The number of rotatable bonds is 5. The quantitative estimate of drug-likeness (QED) is 0.851. The number of hydrogen-bond acceptors (Lipinski definition) is 3. The van der Waals surface area contributed by atoms with Gasteiger partial charge < -0.3 is 10.1 Å². The van der Waals surface area contributed by atoms with Gasteiger partial charge in [0.25, 0.3) is 5.91 Å². The predicted octanol–water partition coefficient (Wildman–Crippen LogP) is 3.51. The molecule has 0 fully saturated rings. The molecule has 6 heteroatoms. The molecule has 2 rings (SSSR count). The molecule has 23 heavy (non-hydrogen) atoms. The van der Waals surface area contributed by atoms with Crippen LogP contribution < -0.4 is 5.32 Å². The molecule has 0 aliphatic heterocycles. The molecule has 0 saturated carbocycles. The SMILES string of the molecule is COC(=O)CC(NC(=O)c1ccccc1F)c1ccccc1Cl. The van der Waals surface area contributed by atoms with E-state index in [0.717, 1.165) is 0 Å². The summed E-state index contributed by atoms with van der Waals surface area (Å²) in [6.45, 7) is 0. The molecule has 0 spiro atoms. The molecule has 2 aromatic rings. The molecule has 0 aliphatic rings. The highest BCUT2D eigenvalue weighted by Gasteiger charge is 2.22. The largest absolute Gasteiger partial charge is 0.469 e. The summed E-state index contributed by atoms with van der Waals surface area (Å²) in [6.07, 6.45) is -0.111. The average Bonchev–Trinajstić information content (AvgIpc) is 2.55. The van der Waals surface area contributed by atoms with E-state index >= 15 is 0 Å². The topological polar surface area (TPSA) is 55.4 Å². The van der Waals surface area contributed by atoms with E-state index in [1.165, 1.54) is 25.3 Å². The summed E-state index contributed by atoms with van der Waals surface area (Å²) >= 11 is 6.13. The van der Waals surface area contributed by atoms with E-state index in [2.05, 4.69) is 10.1 Å². The van der Waals surface area contributed by atoms with Crippen LogP contribution in [0.15, 0.2) is 48.5 Å². The number of halogens is 2. The fraction of sp³-hybridized carbons (Fsp3) is 0.176. The van der Waals surface area contributed by atoms with Gasteiger partial charge in [0.1, 0.15) is 5.82 Å². The van der Waals surface area contributed by atoms with Gasteiger partial charge in [-0.25, -0.2) is 4.39 Å². The average molecular weight is 336 g/mol. The van der Waals surface area contributed by atoms with Gasteiger partial charge in [0, 0.05) is 5.02 Å². The second-order valence-electron chi connectivity index (χ2n) is 4.81. The summed E-state index contributed by atoms with van der Waals surface area (Å²) < 4.78 is 18.4. The number of carbonyl (C=O) groups is 2. The number of ether oxygens (including phenoxy) is 1. The molecule has 0 bridgehead atoms. The first-order valence-corrected chi connectivity index (χ1v) is 7.27. The minimum atomic E-state index is -0.719. The predicted molar refractivity (Wildman–Crippen MR) is 84.7 cm³/mol. The maximum Gasteiger partial charge on any atom is 0.307 e. The van der Waals surface area contributed by atoms with Gasteiger partial charge in [0.2, 0.25) is 0 Å². The lowest BCUT2D eigenvalue weighted by Crippen LogP contribution is -2.31. The van der Waals surface area contributed by atoms with E-state index in [-0.39, 0.29) is 12.0 Å². The van der Waals surface area contributed by atoms with Crippen LogP contribution in [0.1, 0.15) is 28.4 Å². The third-order valence-corrected chi connectivity index (χ3v) is 3.65. The van der Waals surface area contributed by atoms with Crippen molar-refractivity contribution in [2.45, 2.75) is 12.5 Å². The molecular formula is C17H15ClFNO3. The zero-order chi connectivity index (χ0) is 16.8. The lowest BCUT2D eigenvalue weighted by molar-refractivity contribution is -0.141. The summed E-state index contributed by atoms with van der Waals surface area (Å²) in [5.41, 5.74) is 0.457. The van der Waals surface area contributed by atoms with Crippen molar-refractivity contribution in [2.24, 2.45) is 0 Å². The van der Waals surface area contributed by atoms with Crippen molar-refractivity contribution < 1.29 is 18.7 Å². The van der Waals surface area contributed by atoms with E-state index in [0.29, 0.717) is 10.6 Å². The van der Waals surface area contributed by atoms with Crippen LogP contribution in [-0.2, 0) is 9.53 Å². The third kappa shape index (κ3) is 4.29. The van der Waals surface area contributed by atoms with Crippen LogP contribution in [0, 0.1) is 5.82 Å². The Balaban J connectivity index is 2.28. The first-order chi connectivity index (χ1) is 11.0. The van der Waals surface area contributed by atoms with E-state index in [4.69, 9.17) is 11.6 Å². The van der Waals surface area contributed by atoms with E-state index in [9.17, 15) is 14.0 Å². The van der Waals surface area contributed by atoms with Gasteiger partial charge in [-0.15, -0.1) is 0 Å². The van der Waals surface area contributed by atoms with E-state index in [1.807, 2.05) is 0 Å². The summed E-state index contributed by atoms with van der Waals surface area (Å²) in [6, 6.07) is 11.7. The Labute approximate surface area is 138 Å². The fourth-order valence-corrected chi connectivity index (χ4v) is 2.40. The Morgan fingerprint density at radius 3 is 2.48 bits per heavy atom. The van der Waals surface area contributed by atoms with E-state index < -0.39 is 23.7 Å². The molecule has 0 radical (unpaired) electrons. The second kappa shape index (κ2) is 7.74. The first-order valence-electron chi connectivity index (χ1n) is 6.89. The van der Waals surface area contributed by atoms with Crippen LogP contribution in [0.3, 0.4) is 0 Å². The first kappa shape index (κ1) is 17.0. The van der Waals surface area contributed by atoms with Crippen LogP contribution in [0.5, 0.6) is 0 Å². The van der Waals surface area contributed by atoms with Gasteiger partial charge in [0.15, 0.2) is 0 Å². The van der Waals surface area contributed by atoms with Gasteiger partial charge in [-0.3, -0.25) is 9.59 Å². The number of carbonyl (C=O) groups excluding carboxylic acids is 2. The maximum absolute atomic E-state index is 13.7. The summed E-state index contributed by atoms with van der Waals surface area (Å²) in [5.74, 6) is -1.78. The van der Waals surface area contributed by atoms with Crippen LogP contribution >= 0.6 is 11.6 Å². The minimum absolute atomic E-state index is 0.102. The Bertz CT molecular complexity index is 720. The molecule has 1 atom stereocenters. The summed E-state index contributed by atoms with van der Waals surface area (Å²) in [4.78, 5) is 23.9. The molecule has 1 unspecified atom stereocenters. The maximum atomic E-state index is 13.7. The highest BCUT2D eigenvalue weighted by Crippen LogP contribution is 2.26. The molecule has 1 amide bonds. The number of nitrogens with one attached hydrogen (secondary N) is 1. The summed E-state index contributed by atoms with van der Waals surface area (Å²) in [5, 5.41) is 3.03. The number of esters is 1. The highest BCUT2D eigenvalue weighted by atomic mass is 35.5. The van der Waals surface area contributed by atoms with Crippen LogP contribution in [0.2, 0.25) is 5.02 Å². The van der Waals surface area contributed by atoms with Gasteiger partial charge >= 0.3 is 5.97 Å². The van der Waals surface area contributed by atoms with Crippen molar-refractivity contribution in [1.29, 1.82) is 0 Å². The van der Waals surface area contributed by atoms with Crippen LogP contribution in [-0.4, -0.2) is 19.0 Å². The molecular weight excluding hydrogens is 321 g/mol. The molecule has 1 N–H and O–H groups in total. The van der Waals surface area contributed by atoms with Crippen molar-refractivity contribution in [1.82, 2.24) is 5.32 Å². The van der Waals surface area contributed by atoms with Gasteiger partial charge in [-0.1, -0.05) is 41.9 Å². The molecule has 4 nitrogen and oxygen atoms in total. The Morgan fingerprint density at radius 1 is 1.17 bits per heavy atom. The number of hydrogen-bond donors (Lipinski definition) is 1. The van der Waals surface area contributed by atoms with Gasteiger partial charge in [0.05, 0.1) is 25.1 Å². The minimum Gasteiger partial charge on any atom is -0.469 e. The van der Waals surface area contributed by atoms with Crippen molar-refractivity contribution in [2.75, 3.05) is 7.11 Å². The highest BCUT2D eigenvalue weighted by molar-refractivity contribution is 6.31. The second-order valence-corrected chi connectivity index (χ2v) is 5.21. The van der Waals surface area contributed by atoms with Crippen LogP contribution in [0.4, 0.5) is 4.39 Å². The fourth-order valence-electron chi connectivity index (χ4n) is 2.13. The standard InChI is InChI=1S/C17H15ClFNO3/c1-23-16(21)10-15(11-6-2-4-8-13(11)18)20-17(22)12-7-3-5-9-14(12)19/h2-9,15H,10H2,1H3,(H,20,22). The number of benzene rings is 2. The normalized spacial score (nSPS) is 11.6. The molecule has 0 heterocycles. The Morgan fingerprint density at radius 2 is 1.83 bits per heavy atom. The molecule has 0 aliphatic carbocycles. The van der Waals surface area contributed by atoms with E-state index in [1.54, 1.807) is 30.3 Å². The lowest BCUT2D eigenvalue weighted by Gasteiger charge is -2.19. The molecule has 120 valence electrons. The zero-order valence-electron chi connectivity index (χ0n) is 12.4. The smallest absolute Gasteiger partial charge is 0.307 e. The van der Waals surface area contributed by atoms with Crippen molar-refractivity contribution in [3.05, 3.63) is 70.5 Å². The van der Waals surface area contributed by atoms with Gasteiger partial charge in [-0.2, -0.15) is 0 Å².